The lowest BCUT2D eigenvalue weighted by atomic mass is 9.66. The molecular formula is C17H28Br2OSi. The van der Waals surface area contributed by atoms with Crippen molar-refractivity contribution in [1.29, 1.82) is 0 Å². The molecule has 2 fully saturated rings. The van der Waals surface area contributed by atoms with Gasteiger partial charge < -0.3 is 4.43 Å². The van der Waals surface area contributed by atoms with Gasteiger partial charge in [-0.3, -0.25) is 0 Å². The molecule has 0 aliphatic heterocycles. The minimum atomic E-state index is -1.58. The Bertz CT molecular complexity index is 494. The molecule has 3 aliphatic carbocycles. The molecule has 0 heterocycles. The average molecular weight is 436 g/mol. The van der Waals surface area contributed by atoms with Crippen molar-refractivity contribution in [3.63, 3.8) is 0 Å². The van der Waals surface area contributed by atoms with Gasteiger partial charge in [0.1, 0.15) is 8.83 Å². The molecule has 2 unspecified atom stereocenters. The maximum atomic E-state index is 6.67. The summed E-state index contributed by atoms with van der Waals surface area (Å²) in [6, 6.07) is 0. The van der Waals surface area contributed by atoms with Gasteiger partial charge in [0, 0.05) is 5.92 Å². The van der Waals surface area contributed by atoms with E-state index in [4.69, 9.17) is 4.43 Å². The van der Waals surface area contributed by atoms with E-state index in [9.17, 15) is 0 Å². The summed E-state index contributed by atoms with van der Waals surface area (Å²) >= 11 is 7.90. The van der Waals surface area contributed by atoms with Crippen molar-refractivity contribution in [3.8, 4) is 0 Å². The second-order valence-corrected chi connectivity index (χ2v) is 16.9. The monoisotopic (exact) mass is 434 g/mol. The predicted octanol–water partition coefficient (Wildman–Crippen LogP) is 6.10. The smallest absolute Gasteiger partial charge is 0.185 e. The highest BCUT2D eigenvalue weighted by molar-refractivity contribution is 9.25. The van der Waals surface area contributed by atoms with Gasteiger partial charge in [-0.15, -0.1) is 0 Å². The maximum Gasteiger partial charge on any atom is 0.185 e. The number of halogens is 2. The van der Waals surface area contributed by atoms with E-state index in [1.165, 1.54) is 19.3 Å². The third-order valence-electron chi connectivity index (χ3n) is 5.97. The topological polar surface area (TPSA) is 9.23 Å². The molecule has 0 saturated heterocycles. The second-order valence-electron chi connectivity index (χ2n) is 8.86. The molecule has 2 saturated carbocycles. The first kappa shape index (κ1) is 16.7. The van der Waals surface area contributed by atoms with Crippen LogP contribution in [0.4, 0.5) is 0 Å². The van der Waals surface area contributed by atoms with Crippen molar-refractivity contribution in [1.82, 2.24) is 0 Å². The summed E-state index contributed by atoms with van der Waals surface area (Å²) in [5, 5.41) is 0. The van der Waals surface area contributed by atoms with Crippen LogP contribution in [0.2, 0.25) is 19.6 Å². The zero-order chi connectivity index (χ0) is 15.8. The Balaban J connectivity index is 1.98. The molecule has 0 aromatic carbocycles. The zero-order valence-corrected chi connectivity index (χ0v) is 18.3. The van der Waals surface area contributed by atoms with E-state index in [1.54, 1.807) is 5.57 Å². The zero-order valence-electron chi connectivity index (χ0n) is 14.1. The van der Waals surface area contributed by atoms with Gasteiger partial charge in [-0.2, -0.15) is 0 Å². The van der Waals surface area contributed by atoms with E-state index in [0.29, 0.717) is 11.3 Å². The number of fused-ring (bicyclic) bond motifs is 2. The first-order valence-corrected chi connectivity index (χ1v) is 13.2. The van der Waals surface area contributed by atoms with Crippen LogP contribution in [0.1, 0.15) is 40.0 Å². The van der Waals surface area contributed by atoms with E-state index < -0.39 is 8.32 Å². The molecule has 0 aromatic rings. The van der Waals surface area contributed by atoms with Crippen LogP contribution in [-0.4, -0.2) is 17.2 Å². The molecule has 3 rings (SSSR count). The van der Waals surface area contributed by atoms with E-state index in [2.05, 4.69) is 78.3 Å². The molecule has 1 nitrogen and oxygen atoms in total. The van der Waals surface area contributed by atoms with Gasteiger partial charge in [0.05, 0.1) is 0 Å². The van der Waals surface area contributed by atoms with Gasteiger partial charge in [-0.25, -0.2) is 0 Å². The van der Waals surface area contributed by atoms with Crippen LogP contribution in [0.3, 0.4) is 0 Å². The summed E-state index contributed by atoms with van der Waals surface area (Å²) < 4.78 is 6.63. The largest absolute Gasteiger partial charge is 0.406 e. The fourth-order valence-electron chi connectivity index (χ4n) is 5.05. The van der Waals surface area contributed by atoms with Gasteiger partial charge >= 0.3 is 0 Å². The van der Waals surface area contributed by atoms with Crippen LogP contribution >= 0.6 is 31.9 Å². The van der Waals surface area contributed by atoms with E-state index >= 15 is 0 Å². The number of rotatable bonds is 3. The standard InChI is InChI=1S/C17H28Br2OSi/c1-11(2)13-8-7-12-9-16(20-21(4,5)6)14(17(16,18)19)10-15(12,13)3/h9,11,13-14H,7-8,10H2,1-6H3/t13-,14?,15+,16?/m1/s1. The summed E-state index contributed by atoms with van der Waals surface area (Å²) in [6.07, 6.45) is 6.39. The van der Waals surface area contributed by atoms with Gasteiger partial charge in [0.2, 0.25) is 0 Å². The molecule has 3 aliphatic rings. The third kappa shape index (κ3) is 2.30. The molecule has 21 heavy (non-hydrogen) atoms. The van der Waals surface area contributed by atoms with Gasteiger partial charge in [-0.1, -0.05) is 64.3 Å². The number of hydrogen-bond donors (Lipinski definition) is 0. The Morgan fingerprint density at radius 1 is 1.29 bits per heavy atom. The highest BCUT2D eigenvalue weighted by Gasteiger charge is 2.78. The molecule has 0 N–H and O–H groups in total. The molecule has 4 heteroatoms. The minimum Gasteiger partial charge on any atom is -0.406 e. The first-order chi connectivity index (χ1) is 9.44. The Kier molecular flexibility index (Phi) is 3.75. The minimum absolute atomic E-state index is 0.0465. The molecule has 4 atom stereocenters. The Morgan fingerprint density at radius 2 is 1.90 bits per heavy atom. The number of alkyl halides is 2. The molecule has 0 spiro atoms. The molecule has 0 aromatic heterocycles. The fraction of sp³-hybridized carbons (Fsp3) is 0.882. The predicted molar refractivity (Wildman–Crippen MR) is 99.6 cm³/mol. The van der Waals surface area contributed by atoms with Crippen molar-refractivity contribution in [2.24, 2.45) is 23.2 Å². The number of hydrogen-bond acceptors (Lipinski definition) is 1. The number of allylic oxidation sites excluding steroid dienone is 1. The summed E-state index contributed by atoms with van der Waals surface area (Å²) in [4.78, 5) is 0. The van der Waals surface area contributed by atoms with Crippen LogP contribution in [0.25, 0.3) is 0 Å². The second kappa shape index (κ2) is 4.70. The highest BCUT2D eigenvalue weighted by Crippen LogP contribution is 2.76. The van der Waals surface area contributed by atoms with Gasteiger partial charge in [0.25, 0.3) is 0 Å². The van der Waals surface area contributed by atoms with Gasteiger partial charge in [0.15, 0.2) is 8.32 Å². The van der Waals surface area contributed by atoms with Crippen LogP contribution in [0.15, 0.2) is 11.6 Å². The van der Waals surface area contributed by atoms with Crippen LogP contribution < -0.4 is 0 Å². The lowest BCUT2D eigenvalue weighted by Crippen LogP contribution is -2.39. The van der Waals surface area contributed by atoms with Crippen molar-refractivity contribution in [3.05, 3.63) is 11.6 Å². The van der Waals surface area contributed by atoms with Crippen molar-refractivity contribution >= 4 is 40.2 Å². The van der Waals surface area contributed by atoms with Crippen LogP contribution in [0.5, 0.6) is 0 Å². The van der Waals surface area contributed by atoms with E-state index in [0.717, 1.165) is 11.8 Å². The lowest BCUT2D eigenvalue weighted by molar-refractivity contribution is 0.131. The molecule has 120 valence electrons. The SMILES string of the molecule is CC(C)[C@H]1CCC2=CC3(O[Si](C)(C)C)C(C[C@@]21C)C3(Br)Br. The van der Waals surface area contributed by atoms with Crippen molar-refractivity contribution in [2.75, 3.05) is 0 Å². The summed E-state index contributed by atoms with van der Waals surface area (Å²) in [6.45, 7) is 14.2. The average Bonchev–Trinajstić information content (AvgIpc) is 2.62. The summed E-state index contributed by atoms with van der Waals surface area (Å²) in [5.41, 5.74) is 1.95. The van der Waals surface area contributed by atoms with Gasteiger partial charge in [-0.05, 0) is 56.2 Å². The molecular weight excluding hydrogens is 408 g/mol. The Labute approximate surface area is 147 Å². The molecule has 0 amide bonds. The summed E-state index contributed by atoms with van der Waals surface area (Å²) in [7, 11) is -1.58. The fourth-order valence-corrected chi connectivity index (χ4v) is 8.44. The normalized spacial score (nSPS) is 44.3. The lowest BCUT2D eigenvalue weighted by Gasteiger charge is -2.40. The third-order valence-corrected chi connectivity index (χ3v) is 9.26. The van der Waals surface area contributed by atoms with Crippen LogP contribution in [-0.2, 0) is 4.43 Å². The van der Waals surface area contributed by atoms with E-state index in [1.807, 2.05) is 0 Å². The van der Waals surface area contributed by atoms with Crippen LogP contribution in [0, 0.1) is 23.2 Å². The quantitative estimate of drug-likeness (QED) is 0.295. The first-order valence-electron chi connectivity index (χ1n) is 8.24. The molecule has 0 bridgehead atoms. The Hall–Kier alpha value is 0.877. The van der Waals surface area contributed by atoms with Crippen molar-refractivity contribution < 1.29 is 4.43 Å². The summed E-state index contributed by atoms with van der Waals surface area (Å²) in [5.74, 6) is 2.15. The van der Waals surface area contributed by atoms with E-state index in [-0.39, 0.29) is 8.83 Å². The Morgan fingerprint density at radius 3 is 2.43 bits per heavy atom. The molecule has 0 radical (unpaired) electrons. The highest BCUT2D eigenvalue weighted by atomic mass is 79.9. The van der Waals surface area contributed by atoms with Crippen molar-refractivity contribution in [2.45, 2.75) is 68.5 Å². The maximum absolute atomic E-state index is 6.67.